The first-order chi connectivity index (χ1) is 9.47. The van der Waals surface area contributed by atoms with Crippen LogP contribution in [0.5, 0.6) is 0 Å². The first-order valence-electron chi connectivity index (χ1n) is 6.27. The molecule has 0 saturated carbocycles. The molecule has 1 aromatic heterocycles. The smallest absolute Gasteiger partial charge is 0.319 e. The first kappa shape index (κ1) is 14.6. The third-order valence-electron chi connectivity index (χ3n) is 3.17. The summed E-state index contributed by atoms with van der Waals surface area (Å²) in [5.74, 6) is 0. The molecule has 2 rings (SSSR count). The average molecular weight is 337 g/mol. The molecule has 5 nitrogen and oxygen atoms in total. The van der Waals surface area contributed by atoms with E-state index in [1.807, 2.05) is 49.8 Å². The maximum atomic E-state index is 11.9. The van der Waals surface area contributed by atoms with Crippen LogP contribution in [0, 0.1) is 13.8 Å². The highest BCUT2D eigenvalue weighted by molar-refractivity contribution is 9.10. The molecule has 0 aliphatic carbocycles. The van der Waals surface area contributed by atoms with Gasteiger partial charge in [0.15, 0.2) is 0 Å². The number of carbonyl (C=O) groups excluding carboxylic acids is 1. The van der Waals surface area contributed by atoms with Crippen molar-refractivity contribution in [3.8, 4) is 0 Å². The Morgan fingerprint density at radius 3 is 2.75 bits per heavy atom. The van der Waals surface area contributed by atoms with E-state index in [9.17, 15) is 4.79 Å². The van der Waals surface area contributed by atoms with E-state index in [0.29, 0.717) is 6.54 Å². The number of benzene rings is 1. The monoisotopic (exact) mass is 336 g/mol. The Hall–Kier alpha value is -1.82. The lowest BCUT2D eigenvalue weighted by atomic mass is 10.2. The number of halogens is 1. The SMILES string of the molecule is Cc1nn(C)c(C)c1CNC(=O)Nc1cccc(Br)c1. The highest BCUT2D eigenvalue weighted by Gasteiger charge is 2.10. The zero-order chi connectivity index (χ0) is 14.7. The molecule has 0 aliphatic rings. The van der Waals surface area contributed by atoms with Gasteiger partial charge in [-0.15, -0.1) is 0 Å². The van der Waals surface area contributed by atoms with E-state index in [-0.39, 0.29) is 6.03 Å². The minimum absolute atomic E-state index is 0.231. The van der Waals surface area contributed by atoms with Crippen LogP contribution in [0.3, 0.4) is 0 Å². The van der Waals surface area contributed by atoms with Gasteiger partial charge in [0.25, 0.3) is 0 Å². The van der Waals surface area contributed by atoms with Crippen molar-refractivity contribution >= 4 is 27.6 Å². The lowest BCUT2D eigenvalue weighted by Gasteiger charge is -2.08. The van der Waals surface area contributed by atoms with Gasteiger partial charge in [-0.05, 0) is 32.0 Å². The molecule has 0 spiro atoms. The third-order valence-corrected chi connectivity index (χ3v) is 3.66. The van der Waals surface area contributed by atoms with Crippen molar-refractivity contribution in [3.05, 3.63) is 45.7 Å². The van der Waals surface area contributed by atoms with E-state index in [1.54, 1.807) is 0 Å². The van der Waals surface area contributed by atoms with Crippen LogP contribution in [-0.2, 0) is 13.6 Å². The number of hydrogen-bond acceptors (Lipinski definition) is 2. The van der Waals surface area contributed by atoms with E-state index in [2.05, 4.69) is 31.7 Å². The second kappa shape index (κ2) is 6.09. The fraction of sp³-hybridized carbons (Fsp3) is 0.286. The van der Waals surface area contributed by atoms with Gasteiger partial charge in [0.1, 0.15) is 0 Å². The van der Waals surface area contributed by atoms with Gasteiger partial charge in [-0.1, -0.05) is 22.0 Å². The number of carbonyl (C=O) groups is 1. The summed E-state index contributed by atoms with van der Waals surface area (Å²) in [5.41, 5.74) is 3.80. The molecule has 106 valence electrons. The Labute approximate surface area is 126 Å². The van der Waals surface area contributed by atoms with Crippen LogP contribution in [0.2, 0.25) is 0 Å². The zero-order valence-corrected chi connectivity index (χ0v) is 13.3. The van der Waals surface area contributed by atoms with E-state index >= 15 is 0 Å². The van der Waals surface area contributed by atoms with Crippen LogP contribution in [-0.4, -0.2) is 15.8 Å². The van der Waals surface area contributed by atoms with Crippen LogP contribution in [0.15, 0.2) is 28.7 Å². The second-order valence-corrected chi connectivity index (χ2v) is 5.51. The van der Waals surface area contributed by atoms with Gasteiger partial charge < -0.3 is 10.6 Å². The van der Waals surface area contributed by atoms with Gasteiger partial charge >= 0.3 is 6.03 Å². The zero-order valence-electron chi connectivity index (χ0n) is 11.7. The number of anilines is 1. The van der Waals surface area contributed by atoms with Crippen LogP contribution < -0.4 is 10.6 Å². The summed E-state index contributed by atoms with van der Waals surface area (Å²) in [4.78, 5) is 11.9. The van der Waals surface area contributed by atoms with Gasteiger partial charge in [0, 0.05) is 35.0 Å². The van der Waals surface area contributed by atoms with Crippen LogP contribution in [0.1, 0.15) is 17.0 Å². The Kier molecular flexibility index (Phi) is 4.44. The highest BCUT2D eigenvalue weighted by Crippen LogP contribution is 2.15. The molecule has 0 bridgehead atoms. The number of amides is 2. The number of aromatic nitrogens is 2. The Balaban J connectivity index is 1.96. The summed E-state index contributed by atoms with van der Waals surface area (Å²) in [6, 6.07) is 7.23. The maximum Gasteiger partial charge on any atom is 0.319 e. The van der Waals surface area contributed by atoms with Gasteiger partial charge in [0.05, 0.1) is 5.69 Å². The predicted octanol–water partition coefficient (Wildman–Crippen LogP) is 3.12. The quantitative estimate of drug-likeness (QED) is 0.904. The van der Waals surface area contributed by atoms with Crippen LogP contribution in [0.4, 0.5) is 10.5 Å². The third kappa shape index (κ3) is 3.39. The molecular weight excluding hydrogens is 320 g/mol. The van der Waals surface area contributed by atoms with Crippen molar-refractivity contribution in [1.29, 1.82) is 0 Å². The van der Waals surface area contributed by atoms with Gasteiger partial charge in [-0.25, -0.2) is 4.79 Å². The summed E-state index contributed by atoms with van der Waals surface area (Å²) < 4.78 is 2.74. The minimum atomic E-state index is -0.231. The van der Waals surface area contributed by atoms with Gasteiger partial charge in [-0.2, -0.15) is 5.10 Å². The number of urea groups is 1. The molecule has 0 saturated heterocycles. The molecule has 0 fully saturated rings. The predicted molar refractivity (Wildman–Crippen MR) is 82.7 cm³/mol. The topological polar surface area (TPSA) is 59.0 Å². The summed E-state index contributed by atoms with van der Waals surface area (Å²) in [6.45, 7) is 4.39. The largest absolute Gasteiger partial charge is 0.334 e. The second-order valence-electron chi connectivity index (χ2n) is 4.59. The lowest BCUT2D eigenvalue weighted by molar-refractivity contribution is 0.251. The molecule has 1 heterocycles. The number of rotatable bonds is 3. The maximum absolute atomic E-state index is 11.9. The van der Waals surface area contributed by atoms with E-state index in [1.165, 1.54) is 0 Å². The number of nitrogens with one attached hydrogen (secondary N) is 2. The fourth-order valence-corrected chi connectivity index (χ4v) is 2.38. The van der Waals surface area contributed by atoms with E-state index in [4.69, 9.17) is 0 Å². The molecule has 2 aromatic rings. The fourth-order valence-electron chi connectivity index (χ4n) is 1.98. The molecule has 0 radical (unpaired) electrons. The van der Waals surface area contributed by atoms with Crippen molar-refractivity contribution in [2.45, 2.75) is 20.4 Å². The summed E-state index contributed by atoms with van der Waals surface area (Å²) in [6.07, 6.45) is 0. The number of hydrogen-bond donors (Lipinski definition) is 2. The summed E-state index contributed by atoms with van der Waals surface area (Å²) >= 11 is 3.37. The number of nitrogens with zero attached hydrogens (tertiary/aromatic N) is 2. The van der Waals surface area contributed by atoms with Gasteiger partial charge in [0.2, 0.25) is 0 Å². The molecule has 0 atom stereocenters. The molecule has 2 N–H and O–H groups in total. The standard InChI is InChI=1S/C14H17BrN4O/c1-9-13(10(2)19(3)18-9)8-16-14(20)17-12-6-4-5-11(15)7-12/h4-7H,8H2,1-3H3,(H2,16,17,20). The molecular formula is C14H17BrN4O. The van der Waals surface area contributed by atoms with Crippen molar-refractivity contribution in [3.63, 3.8) is 0 Å². The summed E-state index contributed by atoms with van der Waals surface area (Å²) in [7, 11) is 1.90. The van der Waals surface area contributed by atoms with Crippen LogP contribution in [0.25, 0.3) is 0 Å². The van der Waals surface area contributed by atoms with Crippen molar-refractivity contribution in [2.75, 3.05) is 5.32 Å². The Morgan fingerprint density at radius 2 is 2.15 bits per heavy atom. The number of aryl methyl sites for hydroxylation is 2. The molecule has 0 unspecified atom stereocenters. The molecule has 0 aliphatic heterocycles. The Morgan fingerprint density at radius 1 is 1.40 bits per heavy atom. The first-order valence-corrected chi connectivity index (χ1v) is 7.06. The highest BCUT2D eigenvalue weighted by atomic mass is 79.9. The average Bonchev–Trinajstić information content (AvgIpc) is 2.61. The van der Waals surface area contributed by atoms with Gasteiger partial charge in [-0.3, -0.25) is 4.68 Å². The Bertz CT molecular complexity index is 636. The van der Waals surface area contributed by atoms with E-state index in [0.717, 1.165) is 27.1 Å². The van der Waals surface area contributed by atoms with Crippen LogP contribution >= 0.6 is 15.9 Å². The normalized spacial score (nSPS) is 10.4. The van der Waals surface area contributed by atoms with Crippen molar-refractivity contribution < 1.29 is 4.79 Å². The minimum Gasteiger partial charge on any atom is -0.334 e. The van der Waals surface area contributed by atoms with Crippen molar-refractivity contribution in [2.24, 2.45) is 7.05 Å². The summed E-state index contributed by atoms with van der Waals surface area (Å²) in [5, 5.41) is 9.96. The molecule has 6 heteroatoms. The molecule has 20 heavy (non-hydrogen) atoms. The van der Waals surface area contributed by atoms with Crippen molar-refractivity contribution in [1.82, 2.24) is 15.1 Å². The molecule has 2 amide bonds. The van der Waals surface area contributed by atoms with E-state index < -0.39 is 0 Å². The molecule has 1 aromatic carbocycles. The lowest BCUT2D eigenvalue weighted by Crippen LogP contribution is -2.28.